The molecule has 2 nitrogen and oxygen atoms in total. The Balaban J connectivity index is 2.13. The lowest BCUT2D eigenvalue weighted by Crippen LogP contribution is -2.48. The van der Waals surface area contributed by atoms with Crippen LogP contribution in [0, 0.1) is 24.2 Å². The van der Waals surface area contributed by atoms with Gasteiger partial charge in [0, 0.05) is 11.8 Å². The van der Waals surface area contributed by atoms with Crippen molar-refractivity contribution in [2.75, 3.05) is 0 Å². The van der Waals surface area contributed by atoms with E-state index in [2.05, 4.69) is 13.8 Å². The van der Waals surface area contributed by atoms with Crippen molar-refractivity contribution in [3.8, 4) is 0 Å². The summed E-state index contributed by atoms with van der Waals surface area (Å²) in [5.74, 6) is 2.25. The first-order valence-corrected chi connectivity index (χ1v) is 6.67. The number of carbonyl (C=O) groups is 1. The Morgan fingerprint density at radius 2 is 2.18 bits per heavy atom. The maximum absolute atomic E-state index is 12.8. The van der Waals surface area contributed by atoms with Gasteiger partial charge in [0.15, 0.2) is 5.78 Å². The lowest BCUT2D eigenvalue weighted by atomic mass is 9.55. The molecule has 1 saturated carbocycles. The van der Waals surface area contributed by atoms with Crippen molar-refractivity contribution in [3.05, 3.63) is 23.2 Å². The summed E-state index contributed by atoms with van der Waals surface area (Å²) in [6, 6.07) is 0. The molecule has 3 atom stereocenters. The second kappa shape index (κ2) is 3.47. The van der Waals surface area contributed by atoms with E-state index in [0.29, 0.717) is 17.6 Å². The fourth-order valence-corrected chi connectivity index (χ4v) is 3.84. The summed E-state index contributed by atoms with van der Waals surface area (Å²) in [6.45, 7) is 6.40. The van der Waals surface area contributed by atoms with E-state index >= 15 is 0 Å². The van der Waals surface area contributed by atoms with Crippen molar-refractivity contribution in [3.63, 3.8) is 0 Å². The first-order valence-electron chi connectivity index (χ1n) is 6.67. The molecule has 0 radical (unpaired) electrons. The highest BCUT2D eigenvalue weighted by Crippen LogP contribution is 2.52. The van der Waals surface area contributed by atoms with Gasteiger partial charge in [0.1, 0.15) is 5.76 Å². The maximum atomic E-state index is 12.8. The van der Waals surface area contributed by atoms with E-state index in [4.69, 9.17) is 4.42 Å². The summed E-state index contributed by atoms with van der Waals surface area (Å²) in [5, 5.41) is 0. The molecule has 0 spiro atoms. The van der Waals surface area contributed by atoms with Crippen LogP contribution in [0.4, 0.5) is 0 Å². The van der Waals surface area contributed by atoms with Crippen LogP contribution in [-0.4, -0.2) is 5.78 Å². The Hall–Kier alpha value is -1.05. The molecule has 2 aliphatic rings. The third kappa shape index (κ3) is 1.30. The molecule has 0 aromatic carbocycles. The van der Waals surface area contributed by atoms with E-state index in [0.717, 1.165) is 23.3 Å². The molecule has 3 rings (SSSR count). The first kappa shape index (κ1) is 11.1. The number of fused-ring (bicyclic) bond motifs is 2. The van der Waals surface area contributed by atoms with Gasteiger partial charge in [0.2, 0.25) is 0 Å². The number of ketones is 1. The van der Waals surface area contributed by atoms with Gasteiger partial charge in [-0.1, -0.05) is 20.3 Å². The predicted octanol–water partition coefficient (Wildman–Crippen LogP) is 3.77. The molecule has 0 N–H and O–H groups in total. The minimum Gasteiger partial charge on any atom is -0.468 e. The van der Waals surface area contributed by atoms with Crippen LogP contribution in [0.15, 0.2) is 10.7 Å². The summed E-state index contributed by atoms with van der Waals surface area (Å²) in [5.41, 5.74) is 1.75. The average molecular weight is 232 g/mol. The molecule has 1 fully saturated rings. The van der Waals surface area contributed by atoms with E-state index in [1.165, 1.54) is 19.3 Å². The van der Waals surface area contributed by atoms with Crippen LogP contribution in [-0.2, 0) is 6.42 Å². The Kier molecular flexibility index (Phi) is 2.26. The standard InChI is InChI=1S/C15H20O2/c1-9-8-17-12-7-11-6-4-5-10(2)15(11,3)14(16)13(9)12/h8,10-11H,4-7H2,1-3H3. The van der Waals surface area contributed by atoms with Crippen molar-refractivity contribution < 1.29 is 9.21 Å². The van der Waals surface area contributed by atoms with Crippen molar-refractivity contribution in [2.24, 2.45) is 17.3 Å². The van der Waals surface area contributed by atoms with Gasteiger partial charge in [-0.3, -0.25) is 4.79 Å². The van der Waals surface area contributed by atoms with Crippen LogP contribution >= 0.6 is 0 Å². The molecule has 17 heavy (non-hydrogen) atoms. The first-order chi connectivity index (χ1) is 8.05. The highest BCUT2D eigenvalue weighted by Gasteiger charge is 2.52. The minimum absolute atomic E-state index is 0.153. The Bertz CT molecular complexity index is 471. The highest BCUT2D eigenvalue weighted by molar-refractivity contribution is 6.03. The third-order valence-electron chi connectivity index (χ3n) is 5.26. The van der Waals surface area contributed by atoms with Crippen molar-refractivity contribution >= 4 is 5.78 Å². The van der Waals surface area contributed by atoms with Crippen LogP contribution < -0.4 is 0 Å². The molecular weight excluding hydrogens is 212 g/mol. The highest BCUT2D eigenvalue weighted by atomic mass is 16.3. The molecule has 0 amide bonds. The van der Waals surface area contributed by atoms with Crippen molar-refractivity contribution in [1.82, 2.24) is 0 Å². The number of aryl methyl sites for hydroxylation is 1. The molecule has 0 saturated heterocycles. The molecule has 1 aromatic heterocycles. The monoisotopic (exact) mass is 232 g/mol. The number of rotatable bonds is 0. The largest absolute Gasteiger partial charge is 0.468 e. The van der Waals surface area contributed by atoms with E-state index < -0.39 is 0 Å². The summed E-state index contributed by atoms with van der Waals surface area (Å²) in [7, 11) is 0. The minimum atomic E-state index is -0.153. The normalized spacial score (nSPS) is 36.5. The van der Waals surface area contributed by atoms with E-state index in [1.54, 1.807) is 6.26 Å². The van der Waals surface area contributed by atoms with Crippen LogP contribution in [0.1, 0.15) is 54.8 Å². The zero-order valence-corrected chi connectivity index (χ0v) is 10.9. The lowest BCUT2D eigenvalue weighted by Gasteiger charge is -2.47. The number of hydrogen-bond donors (Lipinski definition) is 0. The zero-order valence-electron chi connectivity index (χ0n) is 10.9. The number of Topliss-reactive ketones (excluding diaryl/α,β-unsaturated/α-hetero) is 1. The molecule has 1 heterocycles. The molecule has 2 heteroatoms. The molecule has 92 valence electrons. The van der Waals surface area contributed by atoms with Crippen LogP contribution in [0.25, 0.3) is 0 Å². The topological polar surface area (TPSA) is 30.2 Å². The average Bonchev–Trinajstić information content (AvgIpc) is 2.65. The van der Waals surface area contributed by atoms with Crippen molar-refractivity contribution in [2.45, 2.75) is 46.5 Å². The maximum Gasteiger partial charge on any atom is 0.173 e. The van der Waals surface area contributed by atoms with Gasteiger partial charge in [-0.2, -0.15) is 0 Å². The zero-order chi connectivity index (χ0) is 12.2. The number of hydrogen-bond acceptors (Lipinski definition) is 2. The van der Waals surface area contributed by atoms with Gasteiger partial charge in [-0.05, 0) is 37.2 Å². The van der Waals surface area contributed by atoms with Gasteiger partial charge in [-0.15, -0.1) is 0 Å². The van der Waals surface area contributed by atoms with E-state index in [1.807, 2.05) is 6.92 Å². The molecule has 2 aliphatic carbocycles. The number of carbonyl (C=O) groups excluding carboxylic acids is 1. The Morgan fingerprint density at radius 3 is 2.94 bits per heavy atom. The summed E-state index contributed by atoms with van der Waals surface area (Å²) in [6.07, 6.45) is 6.31. The smallest absolute Gasteiger partial charge is 0.173 e. The fourth-order valence-electron chi connectivity index (χ4n) is 3.84. The third-order valence-corrected chi connectivity index (χ3v) is 5.26. The summed E-state index contributed by atoms with van der Waals surface area (Å²) >= 11 is 0. The van der Waals surface area contributed by atoms with Gasteiger partial charge >= 0.3 is 0 Å². The molecule has 0 bridgehead atoms. The molecule has 0 aliphatic heterocycles. The summed E-state index contributed by atoms with van der Waals surface area (Å²) < 4.78 is 5.57. The van der Waals surface area contributed by atoms with E-state index in [-0.39, 0.29) is 5.41 Å². The van der Waals surface area contributed by atoms with Gasteiger partial charge < -0.3 is 4.42 Å². The predicted molar refractivity (Wildman–Crippen MR) is 66.1 cm³/mol. The Labute approximate surface area is 102 Å². The SMILES string of the molecule is Cc1coc2c1C(=O)C1(C)C(C)CCCC1C2. The number of furan rings is 1. The van der Waals surface area contributed by atoms with Gasteiger partial charge in [0.25, 0.3) is 0 Å². The molecule has 1 aromatic rings. The van der Waals surface area contributed by atoms with Crippen LogP contribution in [0.2, 0.25) is 0 Å². The quantitative estimate of drug-likeness (QED) is 0.681. The van der Waals surface area contributed by atoms with Gasteiger partial charge in [0.05, 0.1) is 11.8 Å². The van der Waals surface area contributed by atoms with Crippen LogP contribution in [0.5, 0.6) is 0 Å². The summed E-state index contributed by atoms with van der Waals surface area (Å²) in [4.78, 5) is 12.8. The fraction of sp³-hybridized carbons (Fsp3) is 0.667. The van der Waals surface area contributed by atoms with Gasteiger partial charge in [-0.25, -0.2) is 0 Å². The van der Waals surface area contributed by atoms with Crippen LogP contribution in [0.3, 0.4) is 0 Å². The second-order valence-corrected chi connectivity index (χ2v) is 6.06. The van der Waals surface area contributed by atoms with E-state index in [9.17, 15) is 4.79 Å². The molecule has 3 unspecified atom stereocenters. The second-order valence-electron chi connectivity index (χ2n) is 6.06. The molecular formula is C15H20O2. The lowest BCUT2D eigenvalue weighted by molar-refractivity contribution is 0.0305. The van der Waals surface area contributed by atoms with Crippen molar-refractivity contribution in [1.29, 1.82) is 0 Å². The Morgan fingerprint density at radius 1 is 1.41 bits per heavy atom.